The maximum Gasteiger partial charge on any atom is 0.293 e. The third kappa shape index (κ3) is 3.44. The van der Waals surface area contributed by atoms with Gasteiger partial charge >= 0.3 is 0 Å². The minimum absolute atomic E-state index is 0.217. The summed E-state index contributed by atoms with van der Waals surface area (Å²) >= 11 is 0. The van der Waals surface area contributed by atoms with E-state index in [1.54, 1.807) is 25.3 Å². The second kappa shape index (κ2) is 6.69. The minimum Gasteiger partial charge on any atom is -0.491 e. The number of hydrogen-bond acceptors (Lipinski definition) is 3. The molecule has 1 unspecified atom stereocenters. The van der Waals surface area contributed by atoms with Crippen LogP contribution >= 0.6 is 0 Å². The molecule has 2 rings (SSSR count). The molecule has 0 radical (unpaired) electrons. The average Bonchev–Trinajstić information content (AvgIpc) is 2.50. The van der Waals surface area contributed by atoms with Gasteiger partial charge in [0.2, 0.25) is 5.91 Å². The van der Waals surface area contributed by atoms with Crippen LogP contribution in [0, 0.1) is 20.8 Å². The highest BCUT2D eigenvalue weighted by molar-refractivity contribution is 5.95. The zero-order valence-electron chi connectivity index (χ0n) is 14.1. The second-order valence-corrected chi connectivity index (χ2v) is 5.73. The fourth-order valence-electron chi connectivity index (χ4n) is 2.68. The van der Waals surface area contributed by atoms with Crippen molar-refractivity contribution in [3.05, 3.63) is 57.5 Å². The summed E-state index contributed by atoms with van der Waals surface area (Å²) in [6, 6.07) is 6.66. The molecule has 122 valence electrons. The molecule has 0 bridgehead atoms. The number of amides is 1. The SMILES string of the molecule is COc1cccn(C(C)C(=O)Nc2c(C)cc(C)cc2C)c1=O. The Hall–Kier alpha value is -2.56. The number of nitrogens with zero attached hydrogens (tertiary/aromatic N) is 1. The number of carbonyl (C=O) groups excluding carboxylic acids is 1. The van der Waals surface area contributed by atoms with Gasteiger partial charge in [0.1, 0.15) is 6.04 Å². The normalized spacial score (nSPS) is 11.9. The Bertz CT molecular complexity index is 770. The molecule has 5 heteroatoms. The summed E-state index contributed by atoms with van der Waals surface area (Å²) < 4.78 is 6.39. The first-order chi connectivity index (χ1) is 10.8. The van der Waals surface area contributed by atoms with Crippen molar-refractivity contribution in [3.63, 3.8) is 0 Å². The van der Waals surface area contributed by atoms with Crippen LogP contribution in [0.5, 0.6) is 5.75 Å². The molecule has 1 heterocycles. The quantitative estimate of drug-likeness (QED) is 0.944. The molecule has 0 aliphatic heterocycles. The van der Waals surface area contributed by atoms with Gasteiger partial charge < -0.3 is 14.6 Å². The highest BCUT2D eigenvalue weighted by Gasteiger charge is 2.19. The van der Waals surface area contributed by atoms with Gasteiger partial charge in [0.25, 0.3) is 5.56 Å². The predicted molar refractivity (Wildman–Crippen MR) is 91.2 cm³/mol. The smallest absolute Gasteiger partial charge is 0.293 e. The molecule has 1 N–H and O–H groups in total. The summed E-state index contributed by atoms with van der Waals surface area (Å²) in [5.41, 5.74) is 3.62. The molecule has 1 aromatic carbocycles. The van der Waals surface area contributed by atoms with Gasteiger partial charge in [-0.3, -0.25) is 9.59 Å². The van der Waals surface area contributed by atoms with Crippen LogP contribution in [0.25, 0.3) is 0 Å². The third-order valence-electron chi connectivity index (χ3n) is 3.88. The highest BCUT2D eigenvalue weighted by Crippen LogP contribution is 2.23. The van der Waals surface area contributed by atoms with E-state index in [9.17, 15) is 9.59 Å². The number of hydrogen-bond donors (Lipinski definition) is 1. The Labute approximate surface area is 135 Å². The number of rotatable bonds is 4. The van der Waals surface area contributed by atoms with Crippen molar-refractivity contribution in [1.29, 1.82) is 0 Å². The number of carbonyl (C=O) groups is 1. The molecule has 1 amide bonds. The number of methoxy groups -OCH3 is 1. The summed E-state index contributed by atoms with van der Waals surface area (Å²) in [5, 5.41) is 2.93. The topological polar surface area (TPSA) is 60.3 Å². The van der Waals surface area contributed by atoms with Crippen molar-refractivity contribution in [3.8, 4) is 5.75 Å². The van der Waals surface area contributed by atoms with E-state index in [4.69, 9.17) is 4.74 Å². The number of anilines is 1. The summed E-state index contributed by atoms with van der Waals surface area (Å²) in [5.74, 6) is -0.0229. The van der Waals surface area contributed by atoms with Crippen LogP contribution in [0.3, 0.4) is 0 Å². The molecule has 2 aromatic rings. The van der Waals surface area contributed by atoms with Gasteiger partial charge in [0.05, 0.1) is 7.11 Å². The predicted octanol–water partition coefficient (Wildman–Crippen LogP) is 2.98. The Morgan fingerprint density at radius 1 is 1.22 bits per heavy atom. The van der Waals surface area contributed by atoms with Gasteiger partial charge in [-0.2, -0.15) is 0 Å². The number of aromatic nitrogens is 1. The molecule has 0 aliphatic carbocycles. The highest BCUT2D eigenvalue weighted by atomic mass is 16.5. The number of nitrogens with one attached hydrogen (secondary N) is 1. The average molecular weight is 314 g/mol. The minimum atomic E-state index is -0.641. The van der Waals surface area contributed by atoms with Crippen molar-refractivity contribution in [1.82, 2.24) is 4.57 Å². The third-order valence-corrected chi connectivity index (χ3v) is 3.88. The van der Waals surface area contributed by atoms with Crippen molar-refractivity contribution in [2.45, 2.75) is 33.7 Å². The zero-order chi connectivity index (χ0) is 17.1. The molecule has 0 saturated carbocycles. The van der Waals surface area contributed by atoms with E-state index in [0.717, 1.165) is 22.4 Å². The zero-order valence-corrected chi connectivity index (χ0v) is 14.1. The van der Waals surface area contributed by atoms with Crippen molar-refractivity contribution in [2.24, 2.45) is 0 Å². The van der Waals surface area contributed by atoms with Gasteiger partial charge in [-0.05, 0) is 51.0 Å². The van der Waals surface area contributed by atoms with Crippen LogP contribution < -0.4 is 15.6 Å². The Balaban J connectivity index is 2.30. The van der Waals surface area contributed by atoms with Crippen molar-refractivity contribution in [2.75, 3.05) is 12.4 Å². The Kier molecular flexibility index (Phi) is 4.89. The van der Waals surface area contributed by atoms with Crippen LogP contribution in [-0.2, 0) is 4.79 Å². The van der Waals surface area contributed by atoms with E-state index in [2.05, 4.69) is 5.32 Å². The Morgan fingerprint density at radius 2 is 1.83 bits per heavy atom. The summed E-state index contributed by atoms with van der Waals surface area (Å²) in [7, 11) is 1.44. The second-order valence-electron chi connectivity index (χ2n) is 5.73. The molecule has 0 aliphatic rings. The number of ether oxygens (including phenoxy) is 1. The van der Waals surface area contributed by atoms with Gasteiger partial charge in [-0.25, -0.2) is 0 Å². The van der Waals surface area contributed by atoms with Crippen LogP contribution in [0.2, 0.25) is 0 Å². The lowest BCUT2D eigenvalue weighted by Gasteiger charge is -2.18. The lowest BCUT2D eigenvalue weighted by molar-refractivity contribution is -0.118. The molecule has 1 aromatic heterocycles. The first-order valence-electron chi connectivity index (χ1n) is 7.49. The van der Waals surface area contributed by atoms with Gasteiger partial charge in [-0.1, -0.05) is 17.7 Å². The molecule has 0 spiro atoms. The van der Waals surface area contributed by atoms with E-state index in [0.29, 0.717) is 0 Å². The number of pyridine rings is 1. The van der Waals surface area contributed by atoms with E-state index < -0.39 is 6.04 Å². The summed E-state index contributed by atoms with van der Waals surface area (Å²) in [4.78, 5) is 24.8. The maximum atomic E-state index is 12.5. The molecule has 0 fully saturated rings. The largest absolute Gasteiger partial charge is 0.491 e. The standard InChI is InChI=1S/C18H22N2O3/c1-11-9-12(2)16(13(3)10-11)19-17(21)14(4)20-8-6-7-15(23-5)18(20)22/h6-10,14H,1-5H3,(H,19,21). The molecular weight excluding hydrogens is 292 g/mol. The maximum absolute atomic E-state index is 12.5. The van der Waals surface area contributed by atoms with Crippen LogP contribution in [0.1, 0.15) is 29.7 Å². The molecular formula is C18H22N2O3. The summed E-state index contributed by atoms with van der Waals surface area (Å²) in [6.45, 7) is 7.62. The van der Waals surface area contributed by atoms with E-state index in [-0.39, 0.29) is 17.2 Å². The van der Waals surface area contributed by atoms with E-state index in [1.165, 1.54) is 11.7 Å². The van der Waals surface area contributed by atoms with Crippen LogP contribution in [0.4, 0.5) is 5.69 Å². The molecule has 23 heavy (non-hydrogen) atoms. The molecule has 0 saturated heterocycles. The lowest BCUT2D eigenvalue weighted by atomic mass is 10.0. The van der Waals surface area contributed by atoms with Gasteiger partial charge in [-0.15, -0.1) is 0 Å². The fraction of sp³-hybridized carbons (Fsp3) is 0.333. The lowest BCUT2D eigenvalue weighted by Crippen LogP contribution is -2.31. The molecule has 5 nitrogen and oxygen atoms in total. The monoisotopic (exact) mass is 314 g/mol. The van der Waals surface area contributed by atoms with Crippen LogP contribution in [-0.4, -0.2) is 17.6 Å². The van der Waals surface area contributed by atoms with Crippen molar-refractivity contribution >= 4 is 11.6 Å². The number of aryl methyl sites for hydroxylation is 3. The van der Waals surface area contributed by atoms with E-state index in [1.807, 2.05) is 32.9 Å². The number of benzene rings is 1. The fourth-order valence-corrected chi connectivity index (χ4v) is 2.68. The molecule has 1 atom stereocenters. The first kappa shape index (κ1) is 16.8. The van der Waals surface area contributed by atoms with Crippen molar-refractivity contribution < 1.29 is 9.53 Å². The Morgan fingerprint density at radius 3 is 2.39 bits per heavy atom. The summed E-state index contributed by atoms with van der Waals surface area (Å²) in [6.07, 6.45) is 1.59. The first-order valence-corrected chi connectivity index (χ1v) is 7.49. The van der Waals surface area contributed by atoms with E-state index >= 15 is 0 Å². The van der Waals surface area contributed by atoms with Crippen LogP contribution in [0.15, 0.2) is 35.3 Å². The van der Waals surface area contributed by atoms with Gasteiger partial charge in [0.15, 0.2) is 5.75 Å². The van der Waals surface area contributed by atoms with Gasteiger partial charge in [0, 0.05) is 11.9 Å².